The maximum atomic E-state index is 6.23. The lowest BCUT2D eigenvalue weighted by Crippen LogP contribution is -2.51. The first kappa shape index (κ1) is 18.0. The smallest absolute Gasteiger partial charge is 0.226 e. The van der Waals surface area contributed by atoms with Gasteiger partial charge in [0.25, 0.3) is 0 Å². The number of likely N-dealkylation sites (tertiary alicyclic amines) is 1. The van der Waals surface area contributed by atoms with Gasteiger partial charge in [0, 0.05) is 39.3 Å². The molecule has 10 heteroatoms. The molecular formula is C17H23ClN6O2S. The molecule has 1 atom stereocenters. The normalized spacial score (nSPS) is 23.5. The Morgan fingerprint density at radius 1 is 0.852 bits per heavy atom. The van der Waals surface area contributed by atoms with E-state index in [0.29, 0.717) is 18.9 Å². The first-order valence-corrected chi connectivity index (χ1v) is 10.7. The van der Waals surface area contributed by atoms with Crippen molar-refractivity contribution >= 4 is 39.1 Å². The molecule has 1 unspecified atom stereocenters. The van der Waals surface area contributed by atoms with Crippen molar-refractivity contribution in [3.05, 3.63) is 10.3 Å². The first-order chi connectivity index (χ1) is 13.3. The number of aromatic nitrogens is 3. The van der Waals surface area contributed by atoms with Crippen molar-refractivity contribution in [1.29, 1.82) is 0 Å². The number of hydrogen-bond donors (Lipinski definition) is 0. The van der Waals surface area contributed by atoms with Gasteiger partial charge in [-0.05, 0) is 18.0 Å². The van der Waals surface area contributed by atoms with Crippen LogP contribution in [0.4, 0.5) is 5.82 Å². The molecule has 0 saturated carbocycles. The van der Waals surface area contributed by atoms with Crippen LogP contribution in [0.15, 0.2) is 0 Å². The van der Waals surface area contributed by atoms with Gasteiger partial charge in [-0.15, -0.1) is 11.3 Å². The highest BCUT2D eigenvalue weighted by atomic mass is 35.5. The Kier molecular flexibility index (Phi) is 5.14. The highest BCUT2D eigenvalue weighted by Crippen LogP contribution is 2.38. The third-order valence-corrected chi connectivity index (χ3v) is 6.63. The first-order valence-electron chi connectivity index (χ1n) is 9.52. The minimum Gasteiger partial charge on any atom is -0.379 e. The topological polar surface area (TPSA) is 66.9 Å². The number of nitrogens with zero attached hydrogens (tertiary/aromatic N) is 6. The highest BCUT2D eigenvalue weighted by Gasteiger charge is 2.34. The van der Waals surface area contributed by atoms with Crippen LogP contribution in [0.3, 0.4) is 0 Å². The molecule has 2 aromatic heterocycles. The van der Waals surface area contributed by atoms with E-state index in [0.717, 1.165) is 68.0 Å². The van der Waals surface area contributed by atoms with Gasteiger partial charge < -0.3 is 14.4 Å². The Labute approximate surface area is 167 Å². The number of morpholine rings is 2. The number of hydrogen-bond acceptors (Lipinski definition) is 9. The van der Waals surface area contributed by atoms with Crippen LogP contribution in [-0.2, 0) is 9.47 Å². The van der Waals surface area contributed by atoms with Gasteiger partial charge in [-0.1, -0.05) is 0 Å². The van der Waals surface area contributed by atoms with Crippen molar-refractivity contribution in [1.82, 2.24) is 24.8 Å². The summed E-state index contributed by atoms with van der Waals surface area (Å²) in [6.45, 7) is 8.68. The fraction of sp³-hybridized carbons (Fsp3) is 0.706. The van der Waals surface area contributed by atoms with Gasteiger partial charge >= 0.3 is 0 Å². The lowest BCUT2D eigenvalue weighted by Gasteiger charge is -2.44. The van der Waals surface area contributed by atoms with Crippen molar-refractivity contribution in [2.45, 2.75) is 12.6 Å². The lowest BCUT2D eigenvalue weighted by atomic mass is 10.2. The van der Waals surface area contributed by atoms with Crippen LogP contribution in [0.2, 0.25) is 5.28 Å². The van der Waals surface area contributed by atoms with Crippen molar-refractivity contribution in [2.24, 2.45) is 0 Å². The van der Waals surface area contributed by atoms with E-state index in [-0.39, 0.29) is 11.4 Å². The molecule has 3 aliphatic heterocycles. The molecule has 146 valence electrons. The molecule has 3 aliphatic rings. The fourth-order valence-corrected chi connectivity index (χ4v) is 5.20. The van der Waals surface area contributed by atoms with Crippen LogP contribution in [0, 0.1) is 0 Å². The fourth-order valence-electron chi connectivity index (χ4n) is 3.85. The zero-order valence-corrected chi connectivity index (χ0v) is 16.7. The summed E-state index contributed by atoms with van der Waals surface area (Å²) in [7, 11) is 0. The second kappa shape index (κ2) is 7.73. The van der Waals surface area contributed by atoms with Gasteiger partial charge in [0.1, 0.15) is 15.9 Å². The van der Waals surface area contributed by atoms with E-state index < -0.39 is 0 Å². The third-order valence-electron chi connectivity index (χ3n) is 5.38. The predicted molar refractivity (Wildman–Crippen MR) is 105 cm³/mol. The molecule has 0 amide bonds. The molecule has 27 heavy (non-hydrogen) atoms. The molecule has 3 saturated heterocycles. The minimum absolute atomic E-state index is 0.193. The largest absolute Gasteiger partial charge is 0.379 e. The summed E-state index contributed by atoms with van der Waals surface area (Å²) in [5.41, 5.74) is 0.704. The molecule has 0 N–H and O–H groups in total. The summed E-state index contributed by atoms with van der Waals surface area (Å²) in [6, 6.07) is 0. The van der Waals surface area contributed by atoms with Gasteiger partial charge in [0.2, 0.25) is 5.28 Å². The van der Waals surface area contributed by atoms with E-state index in [2.05, 4.69) is 24.7 Å². The van der Waals surface area contributed by atoms with Crippen LogP contribution < -0.4 is 4.90 Å². The Morgan fingerprint density at radius 3 is 2.19 bits per heavy atom. The average Bonchev–Trinajstić information content (AvgIpc) is 3.08. The molecule has 3 fully saturated rings. The molecule has 0 aliphatic carbocycles. The van der Waals surface area contributed by atoms with Gasteiger partial charge in [-0.25, -0.2) is 4.98 Å². The van der Waals surface area contributed by atoms with Crippen LogP contribution in [0.5, 0.6) is 0 Å². The van der Waals surface area contributed by atoms with E-state index in [1.807, 2.05) is 0 Å². The van der Waals surface area contributed by atoms with E-state index in [4.69, 9.17) is 26.1 Å². The van der Waals surface area contributed by atoms with Crippen LogP contribution in [0.1, 0.15) is 17.6 Å². The molecular weight excluding hydrogens is 388 g/mol. The zero-order chi connectivity index (χ0) is 18.2. The van der Waals surface area contributed by atoms with Gasteiger partial charge in [-0.2, -0.15) is 9.97 Å². The van der Waals surface area contributed by atoms with Crippen LogP contribution in [0.25, 0.3) is 10.3 Å². The SMILES string of the molecule is Clc1nc(N2CCOCC2)c2sc(C(N3CCC3)N3CCOCC3)nc2n1. The Hall–Kier alpha value is -1.10. The molecule has 0 bridgehead atoms. The minimum atomic E-state index is 0.193. The summed E-state index contributed by atoms with van der Waals surface area (Å²) in [4.78, 5) is 21.1. The number of fused-ring (bicyclic) bond motifs is 1. The lowest BCUT2D eigenvalue weighted by molar-refractivity contribution is -0.0546. The zero-order valence-electron chi connectivity index (χ0n) is 15.1. The van der Waals surface area contributed by atoms with Crippen molar-refractivity contribution in [3.8, 4) is 0 Å². The van der Waals surface area contributed by atoms with Gasteiger partial charge in [0.05, 0.1) is 26.4 Å². The van der Waals surface area contributed by atoms with E-state index in [9.17, 15) is 0 Å². The molecule has 0 aromatic carbocycles. The maximum absolute atomic E-state index is 6.23. The summed E-state index contributed by atoms with van der Waals surface area (Å²) in [5, 5.41) is 1.34. The molecule has 5 rings (SSSR count). The second-order valence-electron chi connectivity index (χ2n) is 7.03. The van der Waals surface area contributed by atoms with Crippen molar-refractivity contribution < 1.29 is 9.47 Å². The molecule has 2 aromatic rings. The highest BCUT2D eigenvalue weighted by molar-refractivity contribution is 7.19. The standard InChI is InChI=1S/C17H23ClN6O2S/c18-17-20-13-12(14(21-17)22-4-8-25-9-5-22)27-15(19-13)16(23-2-1-3-23)24-6-10-26-11-7-24/h16H,1-11H2. The van der Waals surface area contributed by atoms with Crippen LogP contribution >= 0.6 is 22.9 Å². The number of rotatable bonds is 4. The van der Waals surface area contributed by atoms with E-state index in [1.54, 1.807) is 11.3 Å². The Morgan fingerprint density at radius 2 is 1.52 bits per heavy atom. The van der Waals surface area contributed by atoms with Gasteiger partial charge in [0.15, 0.2) is 11.5 Å². The molecule has 0 radical (unpaired) electrons. The third kappa shape index (κ3) is 3.52. The summed E-state index contributed by atoms with van der Waals surface area (Å²) in [6.07, 6.45) is 1.44. The second-order valence-corrected chi connectivity index (χ2v) is 8.40. The Bertz CT molecular complexity index is 804. The van der Waals surface area contributed by atoms with Crippen molar-refractivity contribution in [2.75, 3.05) is 70.6 Å². The molecule has 0 spiro atoms. The van der Waals surface area contributed by atoms with E-state index in [1.165, 1.54) is 6.42 Å². The van der Waals surface area contributed by atoms with Crippen molar-refractivity contribution in [3.63, 3.8) is 0 Å². The summed E-state index contributed by atoms with van der Waals surface area (Å²) >= 11 is 7.93. The maximum Gasteiger partial charge on any atom is 0.226 e. The Balaban J connectivity index is 1.53. The van der Waals surface area contributed by atoms with Crippen LogP contribution in [-0.4, -0.2) is 90.4 Å². The summed E-state index contributed by atoms with van der Waals surface area (Å²) < 4.78 is 12.1. The monoisotopic (exact) mass is 410 g/mol. The molecule has 8 nitrogen and oxygen atoms in total. The number of thiazole rings is 1. The summed E-state index contributed by atoms with van der Waals surface area (Å²) in [5.74, 6) is 0.890. The quantitative estimate of drug-likeness (QED) is 0.704. The predicted octanol–water partition coefficient (Wildman–Crippen LogP) is 1.61. The average molecular weight is 411 g/mol. The number of halogens is 1. The van der Waals surface area contributed by atoms with Gasteiger partial charge in [-0.3, -0.25) is 9.80 Å². The number of ether oxygens (including phenoxy) is 2. The number of anilines is 1. The molecule has 5 heterocycles. The van der Waals surface area contributed by atoms with E-state index >= 15 is 0 Å².